The minimum absolute atomic E-state index is 0. The standard InChI is InChI=1S/C39H24N2O2.Pt/c1-4-18-34-27(11-1)22-23-35(41-34)28-12-9-14-30(25-28)42-31-15-10-13-29(26-31)39(38-21-7-8-24-40-38)32-16-2-5-19-36(32)43-37-20-6-3-17-33(37)39;/h1-24H;/q-2;+2. The monoisotopic (exact) mass is 747 g/mol. The van der Waals surface area contributed by atoms with Gasteiger partial charge < -0.3 is 9.47 Å². The molecule has 0 saturated carbocycles. The summed E-state index contributed by atoms with van der Waals surface area (Å²) in [5, 5.41) is 1.10. The van der Waals surface area contributed by atoms with Gasteiger partial charge in [-0.05, 0) is 41.4 Å². The fourth-order valence-electron chi connectivity index (χ4n) is 6.00. The molecule has 4 nitrogen and oxygen atoms in total. The molecule has 5 aromatic carbocycles. The number of hydrogen-bond acceptors (Lipinski definition) is 4. The van der Waals surface area contributed by atoms with Crippen molar-refractivity contribution in [1.82, 2.24) is 9.97 Å². The maximum absolute atomic E-state index is 6.43. The number of nitrogens with zero attached hydrogens (tertiary/aromatic N) is 2. The molecule has 3 heterocycles. The number of benzene rings is 5. The molecule has 8 rings (SSSR count). The summed E-state index contributed by atoms with van der Waals surface area (Å²) in [5.74, 6) is 2.74. The summed E-state index contributed by atoms with van der Waals surface area (Å²) < 4.78 is 12.8. The molecule has 2 aromatic heterocycles. The van der Waals surface area contributed by atoms with Gasteiger partial charge in [0, 0.05) is 28.8 Å². The Balaban J connectivity index is 0.00000312. The summed E-state index contributed by atoms with van der Waals surface area (Å²) >= 11 is 0. The summed E-state index contributed by atoms with van der Waals surface area (Å²) in [5.41, 5.74) is 5.64. The second-order valence-corrected chi connectivity index (χ2v) is 10.4. The van der Waals surface area contributed by atoms with E-state index in [9.17, 15) is 0 Å². The van der Waals surface area contributed by atoms with E-state index >= 15 is 0 Å². The minimum atomic E-state index is -0.771. The molecule has 0 unspecified atom stereocenters. The molecule has 0 radical (unpaired) electrons. The Labute approximate surface area is 270 Å². The van der Waals surface area contributed by atoms with E-state index in [2.05, 4.69) is 48.5 Å². The van der Waals surface area contributed by atoms with Gasteiger partial charge in [-0.3, -0.25) is 9.97 Å². The molecule has 0 amide bonds. The maximum Gasteiger partial charge on any atom is 2.00 e. The van der Waals surface area contributed by atoms with E-state index in [-0.39, 0.29) is 21.1 Å². The third-order valence-corrected chi connectivity index (χ3v) is 7.89. The van der Waals surface area contributed by atoms with Crippen LogP contribution in [0, 0.1) is 12.1 Å². The molecule has 0 saturated heterocycles. The van der Waals surface area contributed by atoms with E-state index in [0.29, 0.717) is 11.5 Å². The van der Waals surface area contributed by atoms with Crippen molar-refractivity contribution >= 4 is 10.9 Å². The Morgan fingerprint density at radius 3 is 2.05 bits per heavy atom. The topological polar surface area (TPSA) is 44.2 Å². The normalized spacial score (nSPS) is 12.7. The van der Waals surface area contributed by atoms with Gasteiger partial charge in [-0.25, -0.2) is 0 Å². The predicted octanol–water partition coefficient (Wildman–Crippen LogP) is 9.18. The molecule has 0 atom stereocenters. The average molecular weight is 748 g/mol. The summed E-state index contributed by atoms with van der Waals surface area (Å²) in [6.45, 7) is 0. The minimum Gasteiger partial charge on any atom is -0.503 e. The molecule has 5 heteroatoms. The van der Waals surface area contributed by atoms with Crippen LogP contribution in [-0.2, 0) is 26.5 Å². The zero-order valence-corrected chi connectivity index (χ0v) is 25.7. The van der Waals surface area contributed by atoms with Crippen LogP contribution in [0.1, 0.15) is 22.4 Å². The van der Waals surface area contributed by atoms with Crippen LogP contribution < -0.4 is 9.47 Å². The van der Waals surface area contributed by atoms with Crippen LogP contribution in [-0.4, -0.2) is 9.97 Å². The first-order chi connectivity index (χ1) is 21.3. The van der Waals surface area contributed by atoms with Gasteiger partial charge in [0.15, 0.2) is 0 Å². The van der Waals surface area contributed by atoms with Gasteiger partial charge in [-0.1, -0.05) is 78.9 Å². The summed E-state index contributed by atoms with van der Waals surface area (Å²) in [7, 11) is 0. The van der Waals surface area contributed by atoms with Gasteiger partial charge in [-0.2, -0.15) is 12.1 Å². The van der Waals surface area contributed by atoms with Crippen LogP contribution in [0.15, 0.2) is 146 Å². The molecular formula is C39H24N2O2Pt. The molecule has 7 aromatic rings. The van der Waals surface area contributed by atoms with Crippen molar-refractivity contribution < 1.29 is 30.5 Å². The SMILES string of the molecule is [Pt+2].[c-]1c(Oc2[c-]c(C3(c4ccccn4)c4ccccc4Oc4ccccc43)ccc2)cccc1-c1ccc2ccccc2n1. The van der Waals surface area contributed by atoms with Crippen LogP contribution in [0.5, 0.6) is 23.0 Å². The summed E-state index contributed by atoms with van der Waals surface area (Å²) in [4.78, 5) is 9.74. The molecule has 212 valence electrons. The average Bonchev–Trinajstić information content (AvgIpc) is 3.07. The molecule has 44 heavy (non-hydrogen) atoms. The van der Waals surface area contributed by atoms with Crippen molar-refractivity contribution in [2.45, 2.75) is 5.41 Å². The van der Waals surface area contributed by atoms with Gasteiger partial charge in [0.1, 0.15) is 11.5 Å². The predicted molar refractivity (Wildman–Crippen MR) is 168 cm³/mol. The number of pyridine rings is 2. The van der Waals surface area contributed by atoms with Crippen LogP contribution in [0.3, 0.4) is 0 Å². The Morgan fingerprint density at radius 1 is 0.591 bits per heavy atom. The molecule has 0 fully saturated rings. The van der Waals surface area contributed by atoms with Crippen molar-refractivity contribution in [3.63, 3.8) is 0 Å². The Kier molecular flexibility index (Phi) is 7.29. The molecule has 0 bridgehead atoms. The zero-order valence-electron chi connectivity index (χ0n) is 23.4. The van der Waals surface area contributed by atoms with Gasteiger partial charge in [0.05, 0.1) is 16.6 Å². The molecular weight excluding hydrogens is 724 g/mol. The number of aromatic nitrogens is 2. The van der Waals surface area contributed by atoms with Crippen LogP contribution in [0.4, 0.5) is 0 Å². The first kappa shape index (κ1) is 27.8. The van der Waals surface area contributed by atoms with Crippen molar-refractivity contribution in [2.24, 2.45) is 0 Å². The number of rotatable bonds is 5. The molecule has 1 aliphatic heterocycles. The van der Waals surface area contributed by atoms with Crippen molar-refractivity contribution in [3.8, 4) is 34.3 Å². The van der Waals surface area contributed by atoms with Gasteiger partial charge in [-0.15, -0.1) is 41.5 Å². The molecule has 0 aliphatic carbocycles. The van der Waals surface area contributed by atoms with Crippen molar-refractivity contribution in [3.05, 3.63) is 180 Å². The fraction of sp³-hybridized carbons (Fsp3) is 0.0256. The number of para-hydroxylation sites is 3. The van der Waals surface area contributed by atoms with E-state index in [0.717, 1.165) is 56.0 Å². The van der Waals surface area contributed by atoms with Gasteiger partial charge in [0.25, 0.3) is 0 Å². The second kappa shape index (κ2) is 11.6. The number of ether oxygens (including phenoxy) is 2. The van der Waals surface area contributed by atoms with Crippen molar-refractivity contribution in [1.29, 1.82) is 0 Å². The molecule has 0 N–H and O–H groups in total. The van der Waals surface area contributed by atoms with Gasteiger partial charge >= 0.3 is 21.1 Å². The van der Waals surface area contributed by atoms with E-state index in [1.165, 1.54) is 0 Å². The number of fused-ring (bicyclic) bond motifs is 3. The summed E-state index contributed by atoms with van der Waals surface area (Å²) in [6.07, 6.45) is 1.83. The van der Waals surface area contributed by atoms with Crippen LogP contribution in [0.2, 0.25) is 0 Å². The van der Waals surface area contributed by atoms with E-state index in [1.54, 1.807) is 0 Å². The third kappa shape index (κ3) is 4.69. The second-order valence-electron chi connectivity index (χ2n) is 10.4. The largest absolute Gasteiger partial charge is 2.00 e. The number of hydrogen-bond donors (Lipinski definition) is 0. The van der Waals surface area contributed by atoms with Crippen molar-refractivity contribution in [2.75, 3.05) is 0 Å². The fourth-order valence-corrected chi connectivity index (χ4v) is 6.00. The third-order valence-electron chi connectivity index (χ3n) is 7.89. The van der Waals surface area contributed by atoms with E-state index in [1.807, 2.05) is 109 Å². The molecule has 1 aliphatic rings. The Bertz CT molecular complexity index is 2070. The first-order valence-corrected chi connectivity index (χ1v) is 14.2. The zero-order chi connectivity index (χ0) is 28.6. The van der Waals surface area contributed by atoms with E-state index in [4.69, 9.17) is 19.4 Å². The Morgan fingerprint density at radius 2 is 1.27 bits per heavy atom. The van der Waals surface area contributed by atoms with Gasteiger partial charge in [0.2, 0.25) is 0 Å². The first-order valence-electron chi connectivity index (χ1n) is 14.2. The van der Waals surface area contributed by atoms with Crippen LogP contribution >= 0.6 is 0 Å². The Hall–Kier alpha value is -5.05. The van der Waals surface area contributed by atoms with Crippen LogP contribution in [0.25, 0.3) is 22.2 Å². The molecule has 0 spiro atoms. The summed E-state index contributed by atoms with van der Waals surface area (Å²) in [6, 6.07) is 53.4. The quantitative estimate of drug-likeness (QED) is 0.165. The maximum atomic E-state index is 6.43. The smallest absolute Gasteiger partial charge is 0.503 e. The van der Waals surface area contributed by atoms with E-state index < -0.39 is 5.41 Å².